The molecule has 1 aliphatic rings. The number of pyridine rings is 1. The number of amides is 2. The molecule has 2 amide bonds. The number of benzene rings is 1. The smallest absolute Gasteiger partial charge is 0.348 e. The van der Waals surface area contributed by atoms with Gasteiger partial charge in [-0.25, -0.2) is 9.78 Å². The number of likely N-dealkylation sites (tertiary alicyclic amines) is 1. The van der Waals surface area contributed by atoms with Crippen LogP contribution in [0.25, 0.3) is 21.3 Å². The van der Waals surface area contributed by atoms with E-state index < -0.39 is 6.03 Å². The van der Waals surface area contributed by atoms with Crippen LogP contribution >= 0.6 is 11.3 Å². The number of thiazole rings is 1. The summed E-state index contributed by atoms with van der Waals surface area (Å²) < 4.78 is 12.9. The third kappa shape index (κ3) is 4.07. The molecule has 3 aromatic heterocycles. The Hall–Kier alpha value is -3.70. The minimum atomic E-state index is -0.788. The molecule has 0 aliphatic carbocycles. The summed E-state index contributed by atoms with van der Waals surface area (Å²) >= 11 is 1.43. The predicted molar refractivity (Wildman–Crippen MR) is 116 cm³/mol. The number of carbonyl (C=O) groups is 2. The number of rotatable bonds is 7. The maximum absolute atomic E-state index is 11.5. The van der Waals surface area contributed by atoms with Crippen LogP contribution in [0.1, 0.15) is 12.2 Å². The van der Waals surface area contributed by atoms with Crippen molar-refractivity contribution in [1.29, 1.82) is 0 Å². The average Bonchev–Trinajstić information content (AvgIpc) is 3.49. The first-order valence-electron chi connectivity index (χ1n) is 9.92. The molecule has 5 rings (SSSR count). The molecule has 4 heterocycles. The summed E-state index contributed by atoms with van der Waals surface area (Å²) in [6.45, 7) is 2.00. The molecule has 1 fully saturated rings. The lowest BCUT2D eigenvalue weighted by Crippen LogP contribution is -2.44. The Morgan fingerprint density at radius 3 is 3.09 bits per heavy atom. The van der Waals surface area contributed by atoms with Crippen LogP contribution in [-0.2, 0) is 16.2 Å². The van der Waals surface area contributed by atoms with E-state index in [0.717, 1.165) is 20.9 Å². The summed E-state index contributed by atoms with van der Waals surface area (Å²) in [5, 5.41) is 2.40. The summed E-state index contributed by atoms with van der Waals surface area (Å²) in [6.07, 6.45) is 2.34. The molecule has 1 saturated heterocycles. The van der Waals surface area contributed by atoms with Gasteiger partial charge in [0.25, 0.3) is 5.19 Å². The van der Waals surface area contributed by atoms with Crippen LogP contribution in [0.5, 0.6) is 10.9 Å². The van der Waals surface area contributed by atoms with Crippen LogP contribution in [0.2, 0.25) is 0 Å². The topological polar surface area (TPSA) is 124 Å². The number of hydroxylamine groups is 2. The maximum Gasteiger partial charge on any atom is 0.348 e. The van der Waals surface area contributed by atoms with Crippen LogP contribution in [0.4, 0.5) is 4.79 Å². The maximum atomic E-state index is 11.5. The van der Waals surface area contributed by atoms with Gasteiger partial charge in [0.15, 0.2) is 5.65 Å². The number of ether oxygens (including phenoxy) is 1. The third-order valence-electron chi connectivity index (χ3n) is 5.23. The van der Waals surface area contributed by atoms with Gasteiger partial charge in [0.05, 0.1) is 17.3 Å². The Morgan fingerprint density at radius 1 is 1.38 bits per heavy atom. The molecule has 0 spiro atoms. The molecule has 1 aliphatic heterocycles. The number of urea groups is 1. The molecule has 32 heavy (non-hydrogen) atoms. The lowest BCUT2D eigenvalue weighted by Gasteiger charge is -2.23. The van der Waals surface area contributed by atoms with E-state index >= 15 is 0 Å². The van der Waals surface area contributed by atoms with Gasteiger partial charge in [0, 0.05) is 30.7 Å². The van der Waals surface area contributed by atoms with E-state index in [2.05, 4.69) is 14.9 Å². The van der Waals surface area contributed by atoms with Gasteiger partial charge < -0.3 is 19.7 Å². The molecule has 164 valence electrons. The Kier molecular flexibility index (Phi) is 5.33. The van der Waals surface area contributed by atoms with Crippen molar-refractivity contribution >= 4 is 45.2 Å². The van der Waals surface area contributed by atoms with Gasteiger partial charge in [-0.05, 0) is 36.8 Å². The lowest BCUT2D eigenvalue weighted by atomic mass is 10.2. The van der Waals surface area contributed by atoms with E-state index in [4.69, 9.17) is 19.7 Å². The summed E-state index contributed by atoms with van der Waals surface area (Å²) in [5.74, 6) is 1.41. The summed E-state index contributed by atoms with van der Waals surface area (Å²) in [7, 11) is 0. The number of nitrogens with two attached hydrogens (primary N) is 1. The average molecular weight is 453 g/mol. The molecule has 1 unspecified atom stereocenters. The monoisotopic (exact) mass is 453 g/mol. The van der Waals surface area contributed by atoms with Gasteiger partial charge >= 0.3 is 12.5 Å². The van der Waals surface area contributed by atoms with E-state index in [1.807, 2.05) is 36.4 Å². The number of primary amides is 1. The molecular formula is C21H19N5O5S. The van der Waals surface area contributed by atoms with Gasteiger partial charge in [0.1, 0.15) is 17.1 Å². The number of aromatic nitrogens is 2. The van der Waals surface area contributed by atoms with Crippen molar-refractivity contribution in [1.82, 2.24) is 19.9 Å². The minimum Gasteiger partial charge on any atom is -0.460 e. The normalized spacial score (nSPS) is 16.4. The second-order valence-corrected chi connectivity index (χ2v) is 8.36. The van der Waals surface area contributed by atoms with Crippen LogP contribution in [0.3, 0.4) is 0 Å². The largest absolute Gasteiger partial charge is 0.460 e. The zero-order chi connectivity index (χ0) is 22.1. The second kappa shape index (κ2) is 8.44. The molecule has 0 bridgehead atoms. The number of hydrogen-bond donors (Lipinski definition) is 1. The van der Waals surface area contributed by atoms with Crippen LogP contribution in [0.15, 0.2) is 47.0 Å². The van der Waals surface area contributed by atoms with Gasteiger partial charge in [-0.1, -0.05) is 11.3 Å². The van der Waals surface area contributed by atoms with E-state index in [9.17, 15) is 9.59 Å². The summed E-state index contributed by atoms with van der Waals surface area (Å²) in [4.78, 5) is 37.5. The van der Waals surface area contributed by atoms with E-state index in [-0.39, 0.29) is 12.5 Å². The fourth-order valence-corrected chi connectivity index (χ4v) is 4.63. The van der Waals surface area contributed by atoms with Crippen LogP contribution in [0, 0.1) is 0 Å². The van der Waals surface area contributed by atoms with Gasteiger partial charge in [-0.2, -0.15) is 4.98 Å². The minimum absolute atomic E-state index is 0.206. The number of furan rings is 1. The van der Waals surface area contributed by atoms with Crippen molar-refractivity contribution in [3.8, 4) is 10.9 Å². The fourth-order valence-electron chi connectivity index (χ4n) is 3.83. The highest BCUT2D eigenvalue weighted by molar-refractivity contribution is 7.20. The van der Waals surface area contributed by atoms with Crippen molar-refractivity contribution in [3.05, 3.63) is 48.4 Å². The highest BCUT2D eigenvalue weighted by atomic mass is 32.1. The van der Waals surface area contributed by atoms with Crippen molar-refractivity contribution in [2.24, 2.45) is 5.73 Å². The number of carbonyl (C=O) groups excluding carboxylic acids is 2. The fraction of sp³-hybridized carbons (Fsp3) is 0.238. The Morgan fingerprint density at radius 2 is 2.28 bits per heavy atom. The first kappa shape index (κ1) is 20.2. The van der Waals surface area contributed by atoms with Crippen LogP contribution < -0.4 is 10.5 Å². The molecule has 2 N–H and O–H groups in total. The zero-order valence-electron chi connectivity index (χ0n) is 16.8. The van der Waals surface area contributed by atoms with Crippen molar-refractivity contribution in [2.45, 2.75) is 19.0 Å². The van der Waals surface area contributed by atoms with Gasteiger partial charge in [0.2, 0.25) is 0 Å². The lowest BCUT2D eigenvalue weighted by molar-refractivity contribution is -0.166. The van der Waals surface area contributed by atoms with Crippen molar-refractivity contribution in [3.63, 3.8) is 0 Å². The Balaban J connectivity index is 1.27. The van der Waals surface area contributed by atoms with Gasteiger partial charge in [-0.15, -0.1) is 5.06 Å². The van der Waals surface area contributed by atoms with Crippen molar-refractivity contribution in [2.75, 3.05) is 13.1 Å². The first-order chi connectivity index (χ1) is 15.6. The summed E-state index contributed by atoms with van der Waals surface area (Å²) in [6, 6.07) is 10.3. The molecule has 4 aromatic rings. The van der Waals surface area contributed by atoms with Crippen LogP contribution in [-0.4, -0.2) is 51.6 Å². The van der Waals surface area contributed by atoms with E-state index in [1.165, 1.54) is 11.3 Å². The van der Waals surface area contributed by atoms with E-state index in [1.54, 1.807) is 6.20 Å². The molecule has 0 radical (unpaired) electrons. The molecular weight excluding hydrogens is 434 g/mol. The quantitative estimate of drug-likeness (QED) is 0.334. The highest BCUT2D eigenvalue weighted by Gasteiger charge is 2.32. The Bertz CT molecular complexity index is 1260. The zero-order valence-corrected chi connectivity index (χ0v) is 17.7. The Labute approximate surface area is 186 Å². The number of nitrogens with zero attached hydrogens (tertiary/aromatic N) is 4. The van der Waals surface area contributed by atoms with E-state index in [0.29, 0.717) is 48.2 Å². The molecule has 11 heteroatoms. The molecule has 0 saturated carbocycles. The standard InChI is InChI=1S/C21H19N5O5S/c22-20(28)26(29-12-27)14-5-7-25(10-14)11-16-8-13-3-4-15(9-17(13)30-16)31-21-24-19-18(32-21)2-1-6-23-19/h1-4,6,8-9,12,14H,5,7,10-11H2,(H2,22,28). The number of fused-ring (bicyclic) bond motifs is 2. The molecule has 1 atom stereocenters. The van der Waals surface area contributed by atoms with Crippen molar-refractivity contribution < 1.29 is 23.6 Å². The second-order valence-electron chi connectivity index (χ2n) is 7.36. The molecule has 1 aromatic carbocycles. The predicted octanol–water partition coefficient (Wildman–Crippen LogP) is 3.27. The SMILES string of the molecule is NC(=O)N(OC=O)C1CCN(Cc2cc3ccc(Oc4nc5ncccc5s4)cc3o2)C1. The third-order valence-corrected chi connectivity index (χ3v) is 6.11. The number of hydrogen-bond acceptors (Lipinski definition) is 9. The summed E-state index contributed by atoms with van der Waals surface area (Å²) in [5.41, 5.74) is 6.65. The first-order valence-corrected chi connectivity index (χ1v) is 10.7. The molecule has 10 nitrogen and oxygen atoms in total. The highest BCUT2D eigenvalue weighted by Crippen LogP contribution is 2.32. The van der Waals surface area contributed by atoms with Gasteiger partial charge in [-0.3, -0.25) is 9.69 Å².